The average Bonchev–Trinajstić information content (AvgIpc) is 3.24. The molecular weight excluding hydrogens is 312 g/mol. The minimum absolute atomic E-state index is 0.0760. The second-order valence-corrected chi connectivity index (χ2v) is 5.63. The highest BCUT2D eigenvalue weighted by molar-refractivity contribution is 6.02. The number of ketones is 1. The molecule has 0 radical (unpaired) electrons. The van der Waals surface area contributed by atoms with Crippen molar-refractivity contribution < 1.29 is 14.5 Å². The molecule has 0 spiro atoms. The highest BCUT2D eigenvalue weighted by Crippen LogP contribution is 2.22. The second-order valence-electron chi connectivity index (χ2n) is 5.63. The van der Waals surface area contributed by atoms with Crippen LogP contribution in [0.3, 0.4) is 0 Å². The smallest absolute Gasteiger partial charge is 0.307 e. The van der Waals surface area contributed by atoms with Gasteiger partial charge in [0.15, 0.2) is 5.78 Å². The van der Waals surface area contributed by atoms with E-state index in [0.29, 0.717) is 18.5 Å². The molecule has 1 aromatic carbocycles. The van der Waals surface area contributed by atoms with Crippen LogP contribution in [0.2, 0.25) is 0 Å². The summed E-state index contributed by atoms with van der Waals surface area (Å²) in [6, 6.07) is 8.40. The van der Waals surface area contributed by atoms with E-state index in [4.69, 9.17) is 0 Å². The number of benzene rings is 1. The van der Waals surface area contributed by atoms with E-state index >= 15 is 0 Å². The van der Waals surface area contributed by atoms with Crippen molar-refractivity contribution in [1.29, 1.82) is 0 Å². The van der Waals surface area contributed by atoms with Crippen LogP contribution in [-0.2, 0) is 11.3 Å². The molecule has 0 bridgehead atoms. The van der Waals surface area contributed by atoms with E-state index in [-0.39, 0.29) is 23.9 Å². The van der Waals surface area contributed by atoms with E-state index < -0.39 is 11.0 Å². The standard InChI is InChI=1S/C16H16N4O4/c21-15(11-18-10-13(9-17-18)20(23)24)19-8-4-7-14(19)16(22)12-5-2-1-3-6-12/h1-3,5-6,9-10,14H,4,7-8,11H2/t14-/m1/s1. The summed E-state index contributed by atoms with van der Waals surface area (Å²) >= 11 is 0. The van der Waals surface area contributed by atoms with Gasteiger partial charge in [-0.1, -0.05) is 30.3 Å². The number of rotatable bonds is 5. The third-order valence-electron chi connectivity index (χ3n) is 4.06. The van der Waals surface area contributed by atoms with Crippen LogP contribution in [0.5, 0.6) is 0 Å². The minimum atomic E-state index is -0.564. The molecule has 8 heteroatoms. The fourth-order valence-electron chi connectivity index (χ4n) is 2.90. The number of nitrogens with zero attached hydrogens (tertiary/aromatic N) is 4. The molecule has 0 saturated carbocycles. The van der Waals surface area contributed by atoms with Crippen molar-refractivity contribution in [3.05, 3.63) is 58.4 Å². The van der Waals surface area contributed by atoms with Gasteiger partial charge in [0.1, 0.15) is 18.9 Å². The summed E-state index contributed by atoms with van der Waals surface area (Å²) < 4.78 is 1.23. The average molecular weight is 328 g/mol. The maximum atomic E-state index is 12.6. The Morgan fingerprint density at radius 1 is 1.29 bits per heavy atom. The lowest BCUT2D eigenvalue weighted by molar-refractivity contribution is -0.385. The first-order valence-electron chi connectivity index (χ1n) is 7.62. The van der Waals surface area contributed by atoms with Crippen molar-refractivity contribution in [1.82, 2.24) is 14.7 Å². The van der Waals surface area contributed by atoms with Crippen molar-refractivity contribution in [2.24, 2.45) is 0 Å². The van der Waals surface area contributed by atoms with E-state index in [9.17, 15) is 19.7 Å². The highest BCUT2D eigenvalue weighted by atomic mass is 16.6. The van der Waals surface area contributed by atoms with E-state index in [2.05, 4.69) is 5.10 Å². The molecule has 8 nitrogen and oxygen atoms in total. The Labute approximate surface area is 137 Å². The molecule has 0 N–H and O–H groups in total. The Morgan fingerprint density at radius 2 is 2.04 bits per heavy atom. The number of nitro groups is 1. The van der Waals surface area contributed by atoms with Crippen molar-refractivity contribution in [3.8, 4) is 0 Å². The number of aromatic nitrogens is 2. The summed E-state index contributed by atoms with van der Waals surface area (Å²) in [7, 11) is 0. The fraction of sp³-hybridized carbons (Fsp3) is 0.312. The van der Waals surface area contributed by atoms with Gasteiger partial charge in [-0.15, -0.1) is 0 Å². The number of likely N-dealkylation sites (tertiary alicyclic amines) is 1. The van der Waals surface area contributed by atoms with Crippen LogP contribution >= 0.6 is 0 Å². The molecular formula is C16H16N4O4. The maximum absolute atomic E-state index is 12.6. The molecule has 3 rings (SSSR count). The monoisotopic (exact) mass is 328 g/mol. The first-order valence-corrected chi connectivity index (χ1v) is 7.62. The molecule has 1 fully saturated rings. The predicted molar refractivity (Wildman–Crippen MR) is 84.4 cm³/mol. The van der Waals surface area contributed by atoms with Crippen molar-refractivity contribution in [3.63, 3.8) is 0 Å². The predicted octanol–water partition coefficient (Wildman–Crippen LogP) is 1.67. The maximum Gasteiger partial charge on any atom is 0.307 e. The second kappa shape index (κ2) is 6.61. The first-order chi connectivity index (χ1) is 11.6. The Bertz CT molecular complexity index is 771. The van der Waals surface area contributed by atoms with Gasteiger partial charge in [-0.3, -0.25) is 24.4 Å². The quantitative estimate of drug-likeness (QED) is 0.472. The van der Waals surface area contributed by atoms with Gasteiger partial charge in [-0.05, 0) is 12.8 Å². The molecule has 1 amide bonds. The third kappa shape index (κ3) is 3.17. The van der Waals surface area contributed by atoms with Gasteiger partial charge in [-0.2, -0.15) is 5.10 Å². The molecule has 1 aliphatic heterocycles. The molecule has 2 heterocycles. The van der Waals surface area contributed by atoms with Crippen molar-refractivity contribution in [2.45, 2.75) is 25.4 Å². The van der Waals surface area contributed by atoms with Crippen LogP contribution in [0.1, 0.15) is 23.2 Å². The zero-order valence-corrected chi connectivity index (χ0v) is 12.9. The number of carbonyl (C=O) groups is 2. The number of hydrogen-bond acceptors (Lipinski definition) is 5. The summed E-state index contributed by atoms with van der Waals surface area (Å²) in [5.74, 6) is -0.340. The lowest BCUT2D eigenvalue weighted by Crippen LogP contribution is -2.42. The van der Waals surface area contributed by atoms with E-state index in [1.165, 1.54) is 10.9 Å². The molecule has 0 unspecified atom stereocenters. The van der Waals surface area contributed by atoms with E-state index in [1.54, 1.807) is 29.2 Å². The van der Waals surface area contributed by atoms with Gasteiger partial charge in [-0.25, -0.2) is 0 Å². The first kappa shape index (κ1) is 15.9. The van der Waals surface area contributed by atoms with Crippen LogP contribution in [-0.4, -0.2) is 43.9 Å². The summed E-state index contributed by atoms with van der Waals surface area (Å²) in [6.07, 6.45) is 3.69. The van der Waals surface area contributed by atoms with Crippen molar-refractivity contribution in [2.75, 3.05) is 6.54 Å². The Morgan fingerprint density at radius 3 is 2.71 bits per heavy atom. The summed E-state index contributed by atoms with van der Waals surface area (Å²) in [6.45, 7) is 0.387. The van der Waals surface area contributed by atoms with Crippen LogP contribution in [0.4, 0.5) is 5.69 Å². The number of Topliss-reactive ketones (excluding diaryl/α,β-unsaturated/α-hetero) is 1. The Balaban J connectivity index is 1.71. The normalized spacial score (nSPS) is 17.0. The van der Waals surface area contributed by atoms with Crippen LogP contribution in [0.25, 0.3) is 0 Å². The van der Waals surface area contributed by atoms with Gasteiger partial charge in [0, 0.05) is 12.1 Å². The third-order valence-corrected chi connectivity index (χ3v) is 4.06. The van der Waals surface area contributed by atoms with Crippen LogP contribution < -0.4 is 0 Å². The molecule has 1 aliphatic rings. The van der Waals surface area contributed by atoms with Crippen LogP contribution in [0, 0.1) is 10.1 Å². The number of carbonyl (C=O) groups excluding carboxylic acids is 2. The highest BCUT2D eigenvalue weighted by Gasteiger charge is 2.34. The van der Waals surface area contributed by atoms with Crippen LogP contribution in [0.15, 0.2) is 42.7 Å². The SMILES string of the molecule is O=C(c1ccccc1)[C@H]1CCCN1C(=O)Cn1cc([N+](=O)[O-])cn1. The van der Waals surface area contributed by atoms with Gasteiger partial charge in [0.05, 0.1) is 11.0 Å². The van der Waals surface area contributed by atoms with E-state index in [1.807, 2.05) is 6.07 Å². The van der Waals surface area contributed by atoms with Gasteiger partial charge in [0.2, 0.25) is 5.91 Å². The van der Waals surface area contributed by atoms with E-state index in [0.717, 1.165) is 12.6 Å². The Hall–Kier alpha value is -3.03. The molecule has 124 valence electrons. The zero-order chi connectivity index (χ0) is 17.1. The lowest BCUT2D eigenvalue weighted by Gasteiger charge is -2.23. The largest absolute Gasteiger partial charge is 0.331 e. The minimum Gasteiger partial charge on any atom is -0.331 e. The van der Waals surface area contributed by atoms with Gasteiger partial charge >= 0.3 is 5.69 Å². The summed E-state index contributed by atoms with van der Waals surface area (Å²) in [5.41, 5.74) is 0.415. The van der Waals surface area contributed by atoms with Crippen molar-refractivity contribution >= 4 is 17.4 Å². The molecule has 1 aromatic heterocycles. The molecule has 2 aromatic rings. The molecule has 1 saturated heterocycles. The molecule has 24 heavy (non-hydrogen) atoms. The topological polar surface area (TPSA) is 98.3 Å². The Kier molecular flexibility index (Phi) is 4.37. The van der Waals surface area contributed by atoms with Gasteiger partial charge < -0.3 is 4.90 Å². The lowest BCUT2D eigenvalue weighted by atomic mass is 10.0. The zero-order valence-electron chi connectivity index (χ0n) is 12.9. The van der Waals surface area contributed by atoms with Gasteiger partial charge in [0.25, 0.3) is 0 Å². The fourth-order valence-corrected chi connectivity index (χ4v) is 2.90. The molecule has 0 aliphatic carbocycles. The summed E-state index contributed by atoms with van der Waals surface area (Å²) in [4.78, 5) is 36.7. The number of amides is 1. The summed E-state index contributed by atoms with van der Waals surface area (Å²) in [5, 5.41) is 14.5. The number of hydrogen-bond donors (Lipinski definition) is 0. The molecule has 1 atom stereocenters.